The maximum atomic E-state index is 14.2. The predicted molar refractivity (Wildman–Crippen MR) is 147 cm³/mol. The Hall–Kier alpha value is -4.75. The van der Waals surface area contributed by atoms with Crippen molar-refractivity contribution in [3.8, 4) is 11.4 Å². The van der Waals surface area contributed by atoms with Crippen LogP contribution in [0.25, 0.3) is 22.6 Å². The van der Waals surface area contributed by atoms with Crippen LogP contribution in [0.15, 0.2) is 46.5 Å². The first-order valence-electron chi connectivity index (χ1n) is 13.2. The number of aromatic nitrogens is 7. The molecule has 1 aliphatic heterocycles. The summed E-state index contributed by atoms with van der Waals surface area (Å²) in [6.07, 6.45) is 4.55. The van der Waals surface area contributed by atoms with E-state index in [2.05, 4.69) is 25.3 Å². The lowest BCUT2D eigenvalue weighted by atomic mass is 10.2. The third-order valence-corrected chi connectivity index (χ3v) is 8.12. The van der Waals surface area contributed by atoms with Gasteiger partial charge in [-0.25, -0.2) is 29.1 Å². The molecule has 41 heavy (non-hydrogen) atoms. The number of imidazole rings is 1. The van der Waals surface area contributed by atoms with Gasteiger partial charge in [-0.1, -0.05) is 6.07 Å². The van der Waals surface area contributed by atoms with Crippen molar-refractivity contribution in [3.63, 3.8) is 0 Å². The number of carbonyl (C=O) groups excluding carboxylic acids is 2. The Balaban J connectivity index is 1.20. The molecule has 3 atom stereocenters. The second kappa shape index (κ2) is 9.42. The van der Waals surface area contributed by atoms with Gasteiger partial charge in [-0.05, 0) is 32.9 Å². The van der Waals surface area contributed by atoms with Crippen molar-refractivity contribution in [2.24, 2.45) is 18.9 Å². The SMILES string of the molecule is CC(=O)Cn1c(=O)c2c(ncn2[C@@H](C)C(=O)Nc2cccc(-c3cnc(N4CC5C(C4)C5(C)F)cn3)n2)n(C)c1=O. The summed E-state index contributed by atoms with van der Waals surface area (Å²) >= 11 is 0. The van der Waals surface area contributed by atoms with Crippen LogP contribution in [0.4, 0.5) is 16.0 Å². The first-order chi connectivity index (χ1) is 19.5. The second-order valence-electron chi connectivity index (χ2n) is 10.9. The molecule has 1 N–H and O–H groups in total. The quantitative estimate of drug-likeness (QED) is 0.353. The van der Waals surface area contributed by atoms with Crippen LogP contribution in [0, 0.1) is 11.8 Å². The number of Topliss-reactive ketones (excluding diaryl/α,β-unsaturated/α-hetero) is 1. The fourth-order valence-corrected chi connectivity index (χ4v) is 5.57. The molecular weight excluding hydrogens is 533 g/mol. The highest BCUT2D eigenvalue weighted by atomic mass is 19.1. The summed E-state index contributed by atoms with van der Waals surface area (Å²) in [5.74, 6) is 0.196. The zero-order valence-corrected chi connectivity index (χ0v) is 22.9. The first-order valence-corrected chi connectivity index (χ1v) is 13.2. The van der Waals surface area contributed by atoms with E-state index >= 15 is 0 Å². The number of nitrogens with zero attached hydrogens (tertiary/aromatic N) is 8. The molecule has 4 aromatic heterocycles. The van der Waals surface area contributed by atoms with Crippen LogP contribution in [-0.2, 0) is 23.2 Å². The molecule has 212 valence electrons. The molecule has 1 saturated carbocycles. The van der Waals surface area contributed by atoms with E-state index in [1.54, 1.807) is 44.4 Å². The molecule has 1 amide bonds. The Morgan fingerprint density at radius 3 is 2.51 bits per heavy atom. The highest BCUT2D eigenvalue weighted by Gasteiger charge is 2.66. The minimum Gasteiger partial charge on any atom is -0.355 e. The van der Waals surface area contributed by atoms with Crippen LogP contribution in [0.2, 0.25) is 0 Å². The summed E-state index contributed by atoms with van der Waals surface area (Å²) in [5.41, 5.74) is -1.32. The van der Waals surface area contributed by atoms with Crippen LogP contribution in [0.5, 0.6) is 0 Å². The molecular formula is C27H28FN9O4. The normalized spacial score (nSPS) is 22.0. The van der Waals surface area contributed by atoms with Gasteiger partial charge in [-0.3, -0.25) is 23.5 Å². The molecule has 0 aromatic carbocycles. The summed E-state index contributed by atoms with van der Waals surface area (Å²) in [4.78, 5) is 70.2. The van der Waals surface area contributed by atoms with E-state index < -0.39 is 28.9 Å². The number of aryl methyl sites for hydroxylation is 1. The Morgan fingerprint density at radius 1 is 1.12 bits per heavy atom. The van der Waals surface area contributed by atoms with Gasteiger partial charge >= 0.3 is 5.69 Å². The number of alkyl halides is 1. The molecule has 14 heteroatoms. The molecule has 0 bridgehead atoms. The minimum absolute atomic E-state index is 0.0273. The molecule has 1 saturated heterocycles. The number of halogens is 1. The number of hydrogen-bond acceptors (Lipinski definition) is 9. The Kier molecular flexibility index (Phi) is 6.08. The summed E-state index contributed by atoms with van der Waals surface area (Å²) in [5, 5.41) is 2.75. The minimum atomic E-state index is -1.08. The number of ketones is 1. The molecule has 0 radical (unpaired) electrons. The van der Waals surface area contributed by atoms with Crippen molar-refractivity contribution in [1.82, 2.24) is 33.6 Å². The lowest BCUT2D eigenvalue weighted by Gasteiger charge is -2.21. The second-order valence-corrected chi connectivity index (χ2v) is 10.9. The maximum absolute atomic E-state index is 14.2. The van der Waals surface area contributed by atoms with Crippen molar-refractivity contribution >= 4 is 34.5 Å². The Labute approximate surface area is 232 Å². The van der Waals surface area contributed by atoms with E-state index in [1.807, 2.05) is 4.90 Å². The van der Waals surface area contributed by atoms with Crippen LogP contribution >= 0.6 is 0 Å². The fraction of sp³-hybridized carbons (Fsp3) is 0.407. The van der Waals surface area contributed by atoms with Gasteiger partial charge < -0.3 is 14.8 Å². The molecule has 2 aliphatic rings. The Bertz CT molecular complexity index is 1810. The fourth-order valence-electron chi connectivity index (χ4n) is 5.57. The van der Waals surface area contributed by atoms with Crippen molar-refractivity contribution in [2.75, 3.05) is 23.3 Å². The summed E-state index contributed by atoms with van der Waals surface area (Å²) in [7, 11) is 1.45. The average molecular weight is 562 g/mol. The maximum Gasteiger partial charge on any atom is 0.332 e. The van der Waals surface area contributed by atoms with Gasteiger partial charge in [-0.2, -0.15) is 0 Å². The standard InChI is InChI=1S/C27H28FN9O4/c1-14(38)10-36-25(40)22-23(34(4)26(36)41)31-13-37(22)15(2)24(39)33-20-7-5-6-18(32-20)19-8-30-21(9-29-19)35-11-16-17(12-35)27(16,3)28/h5-9,13,15-17H,10-12H2,1-4H3,(H,32,33,39)/t15-,16?,17?,27?/m0/s1. The molecule has 13 nitrogen and oxygen atoms in total. The van der Waals surface area contributed by atoms with Gasteiger partial charge in [0.25, 0.3) is 5.56 Å². The van der Waals surface area contributed by atoms with E-state index in [1.165, 1.54) is 29.4 Å². The van der Waals surface area contributed by atoms with Gasteiger partial charge in [0.15, 0.2) is 11.2 Å². The summed E-state index contributed by atoms with van der Waals surface area (Å²) < 4.78 is 17.5. The third-order valence-electron chi connectivity index (χ3n) is 8.12. The van der Waals surface area contributed by atoms with Gasteiger partial charge in [0, 0.05) is 32.0 Å². The monoisotopic (exact) mass is 561 g/mol. The van der Waals surface area contributed by atoms with Crippen molar-refractivity contribution in [2.45, 2.75) is 39.0 Å². The van der Waals surface area contributed by atoms with Crippen molar-refractivity contribution < 1.29 is 14.0 Å². The number of rotatable bonds is 7. The number of carbonyl (C=O) groups is 2. The zero-order valence-electron chi connectivity index (χ0n) is 22.9. The van der Waals surface area contributed by atoms with E-state index in [-0.39, 0.29) is 41.1 Å². The van der Waals surface area contributed by atoms with Crippen molar-refractivity contribution in [1.29, 1.82) is 0 Å². The number of pyridine rings is 1. The highest BCUT2D eigenvalue weighted by Crippen LogP contribution is 2.58. The molecule has 2 fully saturated rings. The van der Waals surface area contributed by atoms with E-state index in [4.69, 9.17) is 0 Å². The third kappa shape index (κ3) is 4.39. The van der Waals surface area contributed by atoms with E-state index in [0.717, 1.165) is 4.57 Å². The molecule has 6 rings (SSSR count). The van der Waals surface area contributed by atoms with Gasteiger partial charge in [0.1, 0.15) is 34.8 Å². The molecule has 5 heterocycles. The Morgan fingerprint density at radius 2 is 1.85 bits per heavy atom. The number of nitrogens with one attached hydrogen (secondary N) is 1. The largest absolute Gasteiger partial charge is 0.355 e. The van der Waals surface area contributed by atoms with Crippen LogP contribution in [0.1, 0.15) is 26.8 Å². The number of amides is 1. The van der Waals surface area contributed by atoms with Crippen LogP contribution in [-0.4, -0.2) is 64.1 Å². The number of piperidine rings is 1. The smallest absolute Gasteiger partial charge is 0.332 e. The summed E-state index contributed by atoms with van der Waals surface area (Å²) in [6, 6.07) is 4.18. The average Bonchev–Trinajstić information content (AvgIpc) is 3.38. The number of fused-ring (bicyclic) bond motifs is 2. The lowest BCUT2D eigenvalue weighted by molar-refractivity contribution is -0.119. The van der Waals surface area contributed by atoms with E-state index in [9.17, 15) is 23.6 Å². The van der Waals surface area contributed by atoms with Gasteiger partial charge in [-0.15, -0.1) is 0 Å². The van der Waals surface area contributed by atoms with Crippen LogP contribution in [0.3, 0.4) is 0 Å². The lowest BCUT2D eigenvalue weighted by Crippen LogP contribution is -2.41. The summed E-state index contributed by atoms with van der Waals surface area (Å²) in [6.45, 7) is 5.37. The first kappa shape index (κ1) is 26.5. The number of anilines is 2. The van der Waals surface area contributed by atoms with Crippen LogP contribution < -0.4 is 21.5 Å². The van der Waals surface area contributed by atoms with Gasteiger partial charge in [0.05, 0.1) is 31.0 Å². The molecule has 0 spiro atoms. The van der Waals surface area contributed by atoms with Gasteiger partial charge in [0.2, 0.25) is 5.91 Å². The van der Waals surface area contributed by atoms with Crippen molar-refractivity contribution in [3.05, 3.63) is 57.8 Å². The zero-order chi connectivity index (χ0) is 29.2. The molecule has 2 unspecified atom stereocenters. The number of hydrogen-bond donors (Lipinski definition) is 1. The van der Waals surface area contributed by atoms with E-state index in [0.29, 0.717) is 30.3 Å². The highest BCUT2D eigenvalue weighted by molar-refractivity contribution is 5.93. The topological polar surface area (TPSA) is 150 Å². The predicted octanol–water partition coefficient (Wildman–Crippen LogP) is 1.33. The molecule has 1 aliphatic carbocycles. The molecule has 4 aromatic rings.